The minimum Gasteiger partial charge on any atom is -0.454 e. The molecule has 4 saturated heterocycles. The Kier molecular flexibility index (Phi) is 12.1. The molecule has 0 amide bonds. The number of aliphatic hydroxyl groups is 10. The van der Waals surface area contributed by atoms with E-state index in [1.54, 1.807) is 0 Å². The Bertz CT molecular complexity index is 973. The smallest absolute Gasteiger partial charge is 0.303 e. The quantitative estimate of drug-likeness (QED) is 0.108. The van der Waals surface area contributed by atoms with E-state index in [1.807, 2.05) is 0 Å². The molecule has 0 aromatic rings. The predicted octanol–water partition coefficient (Wildman–Crippen LogP) is -6.10. The first-order valence-corrected chi connectivity index (χ1v) is 14.6. The maximum Gasteiger partial charge on any atom is 0.303 e. The average Bonchev–Trinajstić information content (AvgIpc) is 2.98. The fourth-order valence-corrected chi connectivity index (χ4v) is 5.65. The summed E-state index contributed by atoms with van der Waals surface area (Å²) < 4.78 is 44.3. The number of carbonyl (C=O) groups excluding carboxylic acids is 1. The van der Waals surface area contributed by atoms with E-state index in [1.165, 1.54) is 20.8 Å². The predicted molar refractivity (Wildman–Crippen MR) is 139 cm³/mol. The highest BCUT2D eigenvalue weighted by atomic mass is 16.8. The SMILES string of the molecule is CC(=O)OC1[C@H](O)OC(C)[C@H](O)[C@@H]1O[C@@H]1OC(C)[C@H](O)[C@H](O)C1O[C@@H]1OC(C)[C@H](O)[C@H](O[C@H]2O[C@@H](CO)[C@@H](O)C(O)C2O)C1O. The summed E-state index contributed by atoms with van der Waals surface area (Å²) in [4.78, 5) is 11.7. The van der Waals surface area contributed by atoms with Crippen molar-refractivity contribution in [3.05, 3.63) is 0 Å². The average molecular weight is 661 g/mol. The molecule has 19 heteroatoms. The second kappa shape index (κ2) is 14.9. The molecule has 19 nitrogen and oxygen atoms in total. The summed E-state index contributed by atoms with van der Waals surface area (Å²) in [6, 6.07) is 0. The Morgan fingerprint density at radius 1 is 0.533 bits per heavy atom. The summed E-state index contributed by atoms with van der Waals surface area (Å²) in [5.74, 6) is -0.837. The molecule has 262 valence electrons. The third-order valence-corrected chi connectivity index (χ3v) is 8.37. The lowest BCUT2D eigenvalue weighted by Crippen LogP contribution is -2.67. The summed E-state index contributed by atoms with van der Waals surface area (Å²) in [6.45, 7) is 4.49. The van der Waals surface area contributed by atoms with E-state index in [9.17, 15) is 55.9 Å². The Hall–Kier alpha value is -1.21. The maximum absolute atomic E-state index is 11.7. The van der Waals surface area contributed by atoms with Gasteiger partial charge in [-0.05, 0) is 20.8 Å². The molecule has 0 aromatic carbocycles. The van der Waals surface area contributed by atoms with E-state index < -0.39 is 135 Å². The van der Waals surface area contributed by atoms with Crippen LogP contribution in [0.15, 0.2) is 0 Å². The van der Waals surface area contributed by atoms with Gasteiger partial charge in [0, 0.05) is 6.92 Å². The topological polar surface area (TPSA) is 293 Å². The molecule has 10 N–H and O–H groups in total. The van der Waals surface area contributed by atoms with Gasteiger partial charge in [0.25, 0.3) is 0 Å². The van der Waals surface area contributed by atoms with Gasteiger partial charge in [0.1, 0.15) is 73.2 Å². The monoisotopic (exact) mass is 660 g/mol. The van der Waals surface area contributed by atoms with E-state index in [4.69, 9.17) is 37.9 Å². The molecule has 20 atom stereocenters. The largest absolute Gasteiger partial charge is 0.454 e. The first-order chi connectivity index (χ1) is 21.1. The van der Waals surface area contributed by atoms with Crippen molar-refractivity contribution in [3.63, 3.8) is 0 Å². The van der Waals surface area contributed by atoms with Crippen molar-refractivity contribution in [1.29, 1.82) is 0 Å². The van der Waals surface area contributed by atoms with Crippen molar-refractivity contribution in [2.24, 2.45) is 0 Å². The molecule has 4 rings (SSSR count). The van der Waals surface area contributed by atoms with Crippen LogP contribution >= 0.6 is 0 Å². The summed E-state index contributed by atoms with van der Waals surface area (Å²) in [7, 11) is 0. The molecule has 4 heterocycles. The Morgan fingerprint density at radius 3 is 1.67 bits per heavy atom. The van der Waals surface area contributed by atoms with Gasteiger partial charge in [-0.25, -0.2) is 0 Å². The summed E-state index contributed by atoms with van der Waals surface area (Å²) in [5, 5.41) is 105. The maximum atomic E-state index is 11.7. The van der Waals surface area contributed by atoms with Crippen molar-refractivity contribution >= 4 is 5.97 Å². The molecule has 0 radical (unpaired) electrons. The van der Waals surface area contributed by atoms with Gasteiger partial charge in [0.05, 0.1) is 24.9 Å². The van der Waals surface area contributed by atoms with Gasteiger partial charge >= 0.3 is 5.97 Å². The zero-order valence-corrected chi connectivity index (χ0v) is 24.9. The first kappa shape index (κ1) is 36.6. The van der Waals surface area contributed by atoms with Crippen LogP contribution in [-0.2, 0) is 42.7 Å². The lowest BCUT2D eigenvalue weighted by Gasteiger charge is -2.49. The first-order valence-electron chi connectivity index (χ1n) is 14.6. The van der Waals surface area contributed by atoms with E-state index in [-0.39, 0.29) is 0 Å². The zero-order valence-electron chi connectivity index (χ0n) is 24.9. The molecular weight excluding hydrogens is 616 g/mol. The van der Waals surface area contributed by atoms with E-state index in [0.717, 1.165) is 6.92 Å². The highest BCUT2D eigenvalue weighted by Crippen LogP contribution is 2.35. The Balaban J connectivity index is 1.56. The van der Waals surface area contributed by atoms with Crippen LogP contribution in [0, 0.1) is 0 Å². The number of esters is 1. The molecule has 4 aliphatic rings. The normalized spacial score (nSPS) is 52.8. The number of hydrogen-bond donors (Lipinski definition) is 10. The van der Waals surface area contributed by atoms with Crippen LogP contribution in [0.3, 0.4) is 0 Å². The van der Waals surface area contributed by atoms with Crippen LogP contribution < -0.4 is 0 Å². The Morgan fingerprint density at radius 2 is 1.04 bits per heavy atom. The molecule has 4 fully saturated rings. The van der Waals surface area contributed by atoms with Gasteiger partial charge in [-0.1, -0.05) is 0 Å². The number of ether oxygens (including phenoxy) is 8. The van der Waals surface area contributed by atoms with Crippen molar-refractivity contribution in [2.75, 3.05) is 6.61 Å². The number of aliphatic hydroxyl groups excluding tert-OH is 10. The molecule has 0 aliphatic carbocycles. The van der Waals surface area contributed by atoms with Gasteiger partial charge in [-0.2, -0.15) is 0 Å². The number of carbonyl (C=O) groups is 1. The number of rotatable bonds is 8. The fraction of sp³-hybridized carbons (Fsp3) is 0.962. The minimum atomic E-state index is -1.91. The highest BCUT2D eigenvalue weighted by Gasteiger charge is 2.55. The van der Waals surface area contributed by atoms with Gasteiger partial charge in [-0.15, -0.1) is 0 Å². The fourth-order valence-electron chi connectivity index (χ4n) is 5.65. The molecule has 0 aromatic heterocycles. The van der Waals surface area contributed by atoms with Crippen molar-refractivity contribution in [3.8, 4) is 0 Å². The molecule has 0 bridgehead atoms. The van der Waals surface area contributed by atoms with Crippen molar-refractivity contribution < 1.29 is 93.8 Å². The van der Waals surface area contributed by atoms with Gasteiger partial charge in [-0.3, -0.25) is 4.79 Å². The van der Waals surface area contributed by atoms with Crippen LogP contribution in [0.5, 0.6) is 0 Å². The van der Waals surface area contributed by atoms with Crippen LogP contribution in [-0.4, -0.2) is 186 Å². The summed E-state index contributed by atoms with van der Waals surface area (Å²) in [5.41, 5.74) is 0. The second-order valence-electron chi connectivity index (χ2n) is 11.7. The standard InChI is InChI=1S/C26H44O19/c1-6-11(29)16(34)21(26(40-6)44-20-13(31)7(2)38-23(37)22(20)41-9(4)28)45-25-18(36)19(12(30)8(3)39-25)43-24-17(35)15(33)14(32)10(5-27)42-24/h6-8,10-27,29-37H,5H2,1-4H3/t6?,7?,8?,10-,11-,12-,13-,14+,15?,16-,17?,18?,19-,20-,21?,22?,23+,24+,25-,26-/m0/s1. The third-order valence-electron chi connectivity index (χ3n) is 8.37. The second-order valence-corrected chi connectivity index (χ2v) is 11.7. The van der Waals surface area contributed by atoms with Crippen molar-refractivity contribution in [2.45, 2.75) is 151 Å². The Labute approximate surface area is 257 Å². The van der Waals surface area contributed by atoms with E-state index >= 15 is 0 Å². The third kappa shape index (κ3) is 7.60. The summed E-state index contributed by atoms with van der Waals surface area (Å²) in [6.07, 6.45) is -31.5. The minimum absolute atomic E-state index is 0.760. The molecule has 0 saturated carbocycles. The highest BCUT2D eigenvalue weighted by molar-refractivity contribution is 5.66. The van der Waals surface area contributed by atoms with Crippen LogP contribution in [0.2, 0.25) is 0 Å². The number of hydrogen-bond acceptors (Lipinski definition) is 19. The molecule has 45 heavy (non-hydrogen) atoms. The molecular formula is C26H44O19. The van der Waals surface area contributed by atoms with Crippen LogP contribution in [0.1, 0.15) is 27.7 Å². The lowest BCUT2D eigenvalue weighted by atomic mass is 9.96. The lowest BCUT2D eigenvalue weighted by molar-refractivity contribution is -0.392. The van der Waals surface area contributed by atoms with Crippen molar-refractivity contribution in [1.82, 2.24) is 0 Å². The zero-order chi connectivity index (χ0) is 33.5. The van der Waals surface area contributed by atoms with Gasteiger partial charge in [0.2, 0.25) is 0 Å². The molecule has 8 unspecified atom stereocenters. The van der Waals surface area contributed by atoms with Gasteiger partial charge < -0.3 is 89.0 Å². The summed E-state index contributed by atoms with van der Waals surface area (Å²) >= 11 is 0. The van der Waals surface area contributed by atoms with E-state index in [0.29, 0.717) is 0 Å². The molecule has 0 spiro atoms. The molecule has 4 aliphatic heterocycles. The van der Waals surface area contributed by atoms with E-state index in [2.05, 4.69) is 0 Å². The van der Waals surface area contributed by atoms with Crippen LogP contribution in [0.4, 0.5) is 0 Å². The van der Waals surface area contributed by atoms with Gasteiger partial charge in [0.15, 0.2) is 31.3 Å². The van der Waals surface area contributed by atoms with Crippen LogP contribution in [0.25, 0.3) is 0 Å².